The lowest BCUT2D eigenvalue weighted by atomic mass is 9.95. The zero-order valence-corrected chi connectivity index (χ0v) is 18.0. The number of benzene rings is 1. The number of para-hydroxylation sites is 1. The van der Waals surface area contributed by atoms with Crippen LogP contribution in [0.3, 0.4) is 0 Å². The van der Waals surface area contributed by atoms with Crippen LogP contribution in [-0.4, -0.2) is 44.4 Å². The van der Waals surface area contributed by atoms with E-state index < -0.39 is 17.9 Å². The molecule has 4 rings (SSSR count). The monoisotopic (exact) mass is 426 g/mol. The molecule has 2 heterocycles. The number of nitrogens with zero attached hydrogens (tertiary/aromatic N) is 3. The number of allylic oxidation sites excluding steroid dienone is 2. The predicted molar refractivity (Wildman–Crippen MR) is 114 cm³/mol. The van der Waals surface area contributed by atoms with Gasteiger partial charge in [0.15, 0.2) is 11.5 Å². The number of ketones is 1. The summed E-state index contributed by atoms with van der Waals surface area (Å²) in [7, 11) is 0. The fraction of sp³-hybridized carbons (Fsp3) is 0.478. The highest BCUT2D eigenvalue weighted by Crippen LogP contribution is 2.48. The van der Waals surface area contributed by atoms with E-state index >= 15 is 0 Å². The van der Waals surface area contributed by atoms with Crippen LogP contribution in [-0.2, 0) is 16.1 Å². The van der Waals surface area contributed by atoms with Crippen molar-refractivity contribution >= 4 is 28.5 Å². The molecule has 2 fully saturated rings. The summed E-state index contributed by atoms with van der Waals surface area (Å²) in [6, 6.07) is 6.62. The molecule has 31 heavy (non-hydrogen) atoms. The number of halogens is 1. The van der Waals surface area contributed by atoms with Crippen LogP contribution in [0.2, 0.25) is 0 Å². The minimum Gasteiger partial charge on any atom is -0.364 e. The largest absolute Gasteiger partial charge is 0.364 e. The minimum atomic E-state index is -0.658. The molecule has 1 aliphatic heterocycles. The number of carbonyl (C=O) groups excluding carboxylic acids is 3. The molecule has 7 nitrogen and oxygen atoms in total. The molecule has 1 saturated carbocycles. The van der Waals surface area contributed by atoms with E-state index in [4.69, 9.17) is 5.73 Å². The minimum absolute atomic E-state index is 0.0579. The van der Waals surface area contributed by atoms with Gasteiger partial charge in [0.05, 0.1) is 11.6 Å². The Kier molecular flexibility index (Phi) is 5.41. The fourth-order valence-corrected chi connectivity index (χ4v) is 4.76. The Balaban J connectivity index is 1.54. The first kappa shape index (κ1) is 21.2. The number of Topliss-reactive ketones (excluding diaryl/α,β-unsaturated/α-hetero) is 1. The van der Waals surface area contributed by atoms with Crippen molar-refractivity contribution in [2.24, 2.45) is 17.6 Å². The van der Waals surface area contributed by atoms with E-state index in [-0.39, 0.29) is 42.2 Å². The van der Waals surface area contributed by atoms with Crippen LogP contribution in [0.4, 0.5) is 4.39 Å². The molecule has 1 saturated heterocycles. The smallest absolute Gasteiger partial charge is 0.269 e. The van der Waals surface area contributed by atoms with E-state index in [0.717, 1.165) is 6.42 Å². The van der Waals surface area contributed by atoms with Crippen molar-refractivity contribution < 1.29 is 18.8 Å². The number of carbonyl (C=O) groups is 3. The van der Waals surface area contributed by atoms with Crippen molar-refractivity contribution in [3.63, 3.8) is 0 Å². The fourth-order valence-electron chi connectivity index (χ4n) is 4.76. The summed E-state index contributed by atoms with van der Waals surface area (Å²) in [5.41, 5.74) is 6.76. The first-order valence-electron chi connectivity index (χ1n) is 10.6. The number of piperidine rings is 1. The molecular formula is C23H27FN4O3. The van der Waals surface area contributed by atoms with E-state index in [9.17, 15) is 18.8 Å². The summed E-state index contributed by atoms with van der Waals surface area (Å²) in [6.07, 6.45) is 1.59. The van der Waals surface area contributed by atoms with Crippen molar-refractivity contribution in [3.05, 3.63) is 41.4 Å². The average molecular weight is 426 g/mol. The molecule has 1 aromatic heterocycles. The maximum Gasteiger partial charge on any atom is 0.269 e. The molecule has 0 radical (unpaired) electrons. The van der Waals surface area contributed by atoms with Gasteiger partial charge >= 0.3 is 0 Å². The number of nitrogens with two attached hydrogens (primary N) is 1. The molecule has 2 N–H and O–H groups in total. The van der Waals surface area contributed by atoms with E-state index in [1.807, 2.05) is 0 Å². The number of likely N-dealkylation sites (tertiary alicyclic amines) is 1. The molecule has 8 heteroatoms. The zero-order chi connectivity index (χ0) is 22.4. The third-order valence-corrected chi connectivity index (χ3v) is 6.36. The molecule has 1 aromatic carbocycles. The zero-order valence-electron chi connectivity index (χ0n) is 18.0. The molecule has 1 aliphatic carbocycles. The molecule has 2 aliphatic rings. The van der Waals surface area contributed by atoms with Crippen molar-refractivity contribution in [1.29, 1.82) is 0 Å². The van der Waals surface area contributed by atoms with Gasteiger partial charge in [0.25, 0.3) is 5.91 Å². The molecule has 4 atom stereocenters. The van der Waals surface area contributed by atoms with Gasteiger partial charge in [0.1, 0.15) is 12.4 Å². The second-order valence-corrected chi connectivity index (χ2v) is 8.92. The number of amides is 2. The van der Waals surface area contributed by atoms with Crippen LogP contribution in [0.25, 0.3) is 10.9 Å². The van der Waals surface area contributed by atoms with Crippen molar-refractivity contribution in [2.45, 2.75) is 58.7 Å². The number of rotatable bonds is 7. The number of hydrogen-bond acceptors (Lipinski definition) is 4. The first-order chi connectivity index (χ1) is 14.7. The maximum atomic E-state index is 14.2. The number of aromatic nitrogens is 2. The molecular weight excluding hydrogens is 399 g/mol. The highest BCUT2D eigenvalue weighted by Gasteiger charge is 2.55. The van der Waals surface area contributed by atoms with Crippen LogP contribution in [0.1, 0.15) is 50.5 Å². The van der Waals surface area contributed by atoms with Crippen LogP contribution in [0.15, 0.2) is 35.7 Å². The van der Waals surface area contributed by atoms with Crippen LogP contribution in [0.5, 0.6) is 0 Å². The van der Waals surface area contributed by atoms with Crippen LogP contribution in [0, 0.1) is 11.8 Å². The lowest BCUT2D eigenvalue weighted by Crippen LogP contribution is -2.45. The van der Waals surface area contributed by atoms with Gasteiger partial charge in [-0.2, -0.15) is 5.10 Å². The van der Waals surface area contributed by atoms with E-state index in [0.29, 0.717) is 28.8 Å². The van der Waals surface area contributed by atoms with Gasteiger partial charge in [0, 0.05) is 23.8 Å². The third kappa shape index (κ3) is 3.86. The topological polar surface area (TPSA) is 98.3 Å². The van der Waals surface area contributed by atoms with Crippen LogP contribution < -0.4 is 5.73 Å². The normalized spacial score (nSPS) is 22.8. The first-order valence-corrected chi connectivity index (χ1v) is 10.6. The van der Waals surface area contributed by atoms with Crippen molar-refractivity contribution in [2.75, 3.05) is 0 Å². The maximum absolute atomic E-state index is 14.2. The van der Waals surface area contributed by atoms with Gasteiger partial charge in [-0.25, -0.2) is 4.39 Å². The average Bonchev–Trinajstić information content (AvgIpc) is 3.23. The van der Waals surface area contributed by atoms with Gasteiger partial charge in [-0.1, -0.05) is 25.1 Å². The van der Waals surface area contributed by atoms with Gasteiger partial charge in [-0.15, -0.1) is 0 Å². The summed E-state index contributed by atoms with van der Waals surface area (Å²) >= 11 is 0. The van der Waals surface area contributed by atoms with E-state index in [1.54, 1.807) is 49.9 Å². The lowest BCUT2D eigenvalue weighted by Gasteiger charge is -2.27. The van der Waals surface area contributed by atoms with E-state index in [2.05, 4.69) is 5.10 Å². The quantitative estimate of drug-likeness (QED) is 0.736. The number of hydrogen-bond donors (Lipinski definition) is 1. The molecule has 2 aromatic rings. The number of fused-ring (bicyclic) bond motifs is 2. The molecule has 2 amide bonds. The molecule has 0 spiro atoms. The Labute approximate surface area is 180 Å². The Morgan fingerprint density at radius 1 is 1.23 bits per heavy atom. The second kappa shape index (κ2) is 7.90. The molecule has 1 unspecified atom stereocenters. The lowest BCUT2D eigenvalue weighted by molar-refractivity contribution is -0.139. The third-order valence-electron chi connectivity index (χ3n) is 6.36. The van der Waals surface area contributed by atoms with Crippen molar-refractivity contribution in [3.8, 4) is 0 Å². The number of primary amides is 1. The Morgan fingerprint density at radius 3 is 2.61 bits per heavy atom. The highest BCUT2D eigenvalue weighted by atomic mass is 19.1. The Morgan fingerprint density at radius 2 is 1.94 bits per heavy atom. The summed E-state index contributed by atoms with van der Waals surface area (Å²) in [5, 5.41) is 4.84. The second-order valence-electron chi connectivity index (χ2n) is 8.92. The molecule has 0 bridgehead atoms. The Hall–Kier alpha value is -3.03. The van der Waals surface area contributed by atoms with Gasteiger partial charge in [-0.3, -0.25) is 19.1 Å². The van der Waals surface area contributed by atoms with Gasteiger partial charge in [-0.05, 0) is 44.2 Å². The highest BCUT2D eigenvalue weighted by molar-refractivity contribution is 6.04. The van der Waals surface area contributed by atoms with Crippen molar-refractivity contribution in [1.82, 2.24) is 14.7 Å². The van der Waals surface area contributed by atoms with Gasteiger partial charge < -0.3 is 10.6 Å². The van der Waals surface area contributed by atoms with E-state index in [1.165, 1.54) is 4.68 Å². The SMILES string of the molecule is CC(C)=C(F)C(C)CC(=O)[C@@H]1C[C@H]2C[C@H]2N1C(=O)Cn1nc(C(N)=O)c2ccccc21. The summed E-state index contributed by atoms with van der Waals surface area (Å²) in [4.78, 5) is 39.6. The standard InChI is InChI=1S/C23H27FN4O3/c1-12(2)21(24)13(3)8-19(29)18-10-14-9-17(14)28(18)20(30)11-27-16-7-5-4-6-15(16)22(26-27)23(25)31/h4-7,13-14,17-18H,8-11H2,1-3H3,(H2,25,31)/t13?,14-,17-,18+/m1/s1. The molecule has 164 valence electrons. The predicted octanol–water partition coefficient (Wildman–Crippen LogP) is 2.98. The summed E-state index contributed by atoms with van der Waals surface area (Å²) < 4.78 is 15.7. The van der Waals surface area contributed by atoms with Crippen LogP contribution >= 0.6 is 0 Å². The summed E-state index contributed by atoms with van der Waals surface area (Å²) in [5.74, 6) is -1.42. The Bertz CT molecular complexity index is 1100. The van der Waals surface area contributed by atoms with Gasteiger partial charge in [0.2, 0.25) is 5.91 Å². The summed E-state index contributed by atoms with van der Waals surface area (Å²) in [6.45, 7) is 4.99.